The molecule has 0 aliphatic carbocycles. The minimum atomic E-state index is -1.66. The van der Waals surface area contributed by atoms with Gasteiger partial charge in [-0.25, -0.2) is 19.3 Å². The van der Waals surface area contributed by atoms with Gasteiger partial charge in [0.2, 0.25) is 0 Å². The summed E-state index contributed by atoms with van der Waals surface area (Å²) in [6, 6.07) is 14.8. The zero-order chi connectivity index (χ0) is 27.6. The number of nitriles is 1. The van der Waals surface area contributed by atoms with Gasteiger partial charge in [0.1, 0.15) is 29.5 Å². The predicted octanol–water partition coefficient (Wildman–Crippen LogP) is 4.26. The molecule has 0 saturated carbocycles. The number of alkyl halides is 1. The Hall–Kier alpha value is -5.08. The third kappa shape index (κ3) is 5.46. The lowest BCUT2D eigenvalue weighted by Gasteiger charge is -2.22. The molecule has 0 bridgehead atoms. The van der Waals surface area contributed by atoms with Crippen molar-refractivity contribution in [2.45, 2.75) is 25.6 Å². The molecule has 0 fully saturated rings. The number of hydrogen-bond acceptors (Lipinski definition) is 7. The third-order valence-corrected chi connectivity index (χ3v) is 6.16. The van der Waals surface area contributed by atoms with Gasteiger partial charge in [0.15, 0.2) is 0 Å². The Morgan fingerprint density at radius 3 is 2.79 bits per heavy atom. The number of aromatic amines is 1. The summed E-state index contributed by atoms with van der Waals surface area (Å²) in [5.74, 6) is 0.609. The van der Waals surface area contributed by atoms with E-state index in [0.717, 1.165) is 10.9 Å². The van der Waals surface area contributed by atoms with E-state index in [1.54, 1.807) is 35.3 Å². The topological polar surface area (TPSA) is 145 Å². The van der Waals surface area contributed by atoms with Gasteiger partial charge in [-0.05, 0) is 38.1 Å². The molecule has 1 aromatic carbocycles. The molecular weight excluding hydrogens is 499 g/mol. The molecule has 0 aliphatic rings. The number of carbonyl (C=O) groups excluding carboxylic acids is 1. The molecule has 4 N–H and O–H groups in total. The first-order chi connectivity index (χ1) is 18.7. The van der Waals surface area contributed by atoms with Crippen LogP contribution in [0.15, 0.2) is 73.4 Å². The molecule has 10 nitrogen and oxygen atoms in total. The van der Waals surface area contributed by atoms with Crippen molar-refractivity contribution >= 4 is 28.3 Å². The second-order valence-electron chi connectivity index (χ2n) is 9.50. The van der Waals surface area contributed by atoms with Crippen LogP contribution in [-0.4, -0.2) is 53.8 Å². The lowest BCUT2D eigenvalue weighted by Crippen LogP contribution is -2.42. The largest absolute Gasteiger partial charge is 0.387 e. The molecule has 39 heavy (non-hydrogen) atoms. The van der Waals surface area contributed by atoms with Gasteiger partial charge in [0.25, 0.3) is 5.91 Å². The normalized spacial score (nSPS) is 12.2. The molecule has 4 aromatic heterocycles. The number of pyridine rings is 2. The minimum Gasteiger partial charge on any atom is -0.387 e. The molecule has 0 radical (unpaired) electrons. The van der Waals surface area contributed by atoms with Crippen LogP contribution >= 0.6 is 0 Å². The molecule has 1 atom stereocenters. The number of nitrogens with zero attached hydrogens (tertiary/aromatic N) is 5. The van der Waals surface area contributed by atoms with Gasteiger partial charge in [-0.15, -0.1) is 0 Å². The lowest BCUT2D eigenvalue weighted by atomic mass is 10.0. The van der Waals surface area contributed by atoms with Crippen molar-refractivity contribution in [1.82, 2.24) is 29.8 Å². The number of halogens is 1. The number of H-pyrrole nitrogens is 1. The lowest BCUT2D eigenvalue weighted by molar-refractivity contribution is -0.00177. The minimum absolute atomic E-state index is 0.182. The van der Waals surface area contributed by atoms with Crippen LogP contribution in [0.1, 0.15) is 29.8 Å². The number of hydrogen-bond donors (Lipinski definition) is 4. The van der Waals surface area contributed by atoms with E-state index < -0.39 is 17.7 Å². The van der Waals surface area contributed by atoms with Gasteiger partial charge in [-0.3, -0.25) is 9.36 Å². The van der Waals surface area contributed by atoms with Crippen LogP contribution < -0.4 is 10.6 Å². The number of nitrogens with one attached hydrogen (secondary N) is 3. The van der Waals surface area contributed by atoms with Gasteiger partial charge in [0.05, 0.1) is 29.0 Å². The van der Waals surface area contributed by atoms with E-state index in [4.69, 9.17) is 0 Å². The van der Waals surface area contributed by atoms with E-state index in [0.29, 0.717) is 34.2 Å². The standard InChI is InChI=1S/C28H25FN8O2/c1-28(2,39)23(29)16-35-27(38)21-15-33-24(37-9-6-19-10-17(13-30)14-34-26(19)37)12-22(21)36-20-5-3-4-18(11-20)25-31-7-8-32-25/h3-12,14-15,23,39H,16H2,1-2H3,(H,31,32)(H,33,36)(H,35,38). The Bertz CT molecular complexity index is 1680. The number of imidazole rings is 1. The molecule has 1 unspecified atom stereocenters. The zero-order valence-corrected chi connectivity index (χ0v) is 21.2. The maximum atomic E-state index is 14.3. The number of aliphatic hydroxyl groups is 1. The van der Waals surface area contributed by atoms with E-state index in [1.165, 1.54) is 26.2 Å². The van der Waals surface area contributed by atoms with E-state index in [9.17, 15) is 19.6 Å². The summed E-state index contributed by atoms with van der Waals surface area (Å²) in [5.41, 5.74) is 1.56. The van der Waals surface area contributed by atoms with Crippen molar-refractivity contribution in [3.63, 3.8) is 0 Å². The summed E-state index contributed by atoms with van der Waals surface area (Å²) in [6.45, 7) is 2.31. The number of amides is 1. The van der Waals surface area contributed by atoms with Gasteiger partial charge < -0.3 is 20.7 Å². The molecule has 0 aliphatic heterocycles. The van der Waals surface area contributed by atoms with Crippen LogP contribution in [0, 0.1) is 11.3 Å². The number of aromatic nitrogens is 5. The fourth-order valence-electron chi connectivity index (χ4n) is 3.98. The highest BCUT2D eigenvalue weighted by Gasteiger charge is 2.27. The number of benzene rings is 1. The summed E-state index contributed by atoms with van der Waals surface area (Å²) in [7, 11) is 0. The molecule has 5 rings (SSSR count). The first-order valence-corrected chi connectivity index (χ1v) is 12.1. The molecule has 196 valence electrons. The van der Waals surface area contributed by atoms with E-state index in [1.807, 2.05) is 30.3 Å². The van der Waals surface area contributed by atoms with Crippen LogP contribution in [-0.2, 0) is 0 Å². The average molecular weight is 525 g/mol. The Labute approximate surface area is 223 Å². The summed E-state index contributed by atoms with van der Waals surface area (Å²) in [6.07, 6.45) is 6.39. The summed E-state index contributed by atoms with van der Waals surface area (Å²) in [5, 5.41) is 25.7. The molecule has 4 heterocycles. The first kappa shape index (κ1) is 25.6. The van der Waals surface area contributed by atoms with Crippen molar-refractivity contribution in [1.29, 1.82) is 5.26 Å². The van der Waals surface area contributed by atoms with Crippen LogP contribution in [0.3, 0.4) is 0 Å². The van der Waals surface area contributed by atoms with E-state index in [2.05, 4.69) is 36.6 Å². The predicted molar refractivity (Wildman–Crippen MR) is 144 cm³/mol. The third-order valence-electron chi connectivity index (χ3n) is 6.16. The molecule has 5 aromatic rings. The number of rotatable bonds is 8. The highest BCUT2D eigenvalue weighted by atomic mass is 19.1. The second kappa shape index (κ2) is 10.4. The van der Waals surface area contributed by atoms with E-state index >= 15 is 0 Å². The molecule has 1 amide bonds. The van der Waals surface area contributed by atoms with Crippen molar-refractivity contribution < 1.29 is 14.3 Å². The Morgan fingerprint density at radius 1 is 1.21 bits per heavy atom. The van der Waals surface area contributed by atoms with E-state index in [-0.39, 0.29) is 12.1 Å². The Kier molecular flexibility index (Phi) is 6.79. The summed E-state index contributed by atoms with van der Waals surface area (Å²) in [4.78, 5) is 29.3. The quantitative estimate of drug-likeness (QED) is 0.237. The number of fused-ring (bicyclic) bond motifs is 1. The fourth-order valence-corrected chi connectivity index (χ4v) is 3.98. The van der Waals surface area contributed by atoms with Gasteiger partial charge >= 0.3 is 0 Å². The average Bonchev–Trinajstić information content (AvgIpc) is 3.61. The van der Waals surface area contributed by atoms with Crippen LogP contribution in [0.4, 0.5) is 15.8 Å². The number of carbonyl (C=O) groups is 1. The maximum absolute atomic E-state index is 14.3. The Morgan fingerprint density at radius 2 is 2.05 bits per heavy atom. The van der Waals surface area contributed by atoms with Crippen molar-refractivity contribution in [3.8, 4) is 23.3 Å². The number of anilines is 2. The summed E-state index contributed by atoms with van der Waals surface area (Å²) < 4.78 is 16.1. The fraction of sp³-hybridized carbons (Fsp3) is 0.179. The van der Waals surface area contributed by atoms with Crippen LogP contribution in [0.2, 0.25) is 0 Å². The van der Waals surface area contributed by atoms with Gasteiger partial charge in [-0.2, -0.15) is 5.26 Å². The van der Waals surface area contributed by atoms with Crippen LogP contribution in [0.5, 0.6) is 0 Å². The van der Waals surface area contributed by atoms with Gasteiger partial charge in [0, 0.05) is 53.7 Å². The van der Waals surface area contributed by atoms with Gasteiger partial charge in [-0.1, -0.05) is 12.1 Å². The highest BCUT2D eigenvalue weighted by molar-refractivity contribution is 6.00. The highest BCUT2D eigenvalue weighted by Crippen LogP contribution is 2.27. The van der Waals surface area contributed by atoms with Crippen molar-refractivity contribution in [2.75, 3.05) is 11.9 Å². The second-order valence-corrected chi connectivity index (χ2v) is 9.50. The maximum Gasteiger partial charge on any atom is 0.255 e. The smallest absolute Gasteiger partial charge is 0.255 e. The monoisotopic (exact) mass is 524 g/mol. The summed E-state index contributed by atoms with van der Waals surface area (Å²) >= 11 is 0. The molecule has 0 spiro atoms. The Balaban J connectivity index is 1.52. The van der Waals surface area contributed by atoms with Crippen molar-refractivity contribution in [2.24, 2.45) is 0 Å². The van der Waals surface area contributed by atoms with Crippen molar-refractivity contribution in [3.05, 3.63) is 84.6 Å². The zero-order valence-electron chi connectivity index (χ0n) is 21.2. The van der Waals surface area contributed by atoms with Crippen LogP contribution in [0.25, 0.3) is 28.2 Å². The first-order valence-electron chi connectivity index (χ1n) is 12.1. The molecule has 0 saturated heterocycles. The molecular formula is C28H25FN8O2. The SMILES string of the molecule is CC(C)(O)C(F)CNC(=O)c1cnc(-n2ccc3cc(C#N)cnc32)cc1Nc1cccc(-c2ncc[nH]2)c1. The molecule has 11 heteroatoms.